The van der Waals surface area contributed by atoms with E-state index in [4.69, 9.17) is 4.74 Å². The summed E-state index contributed by atoms with van der Waals surface area (Å²) in [6.07, 6.45) is -6.24. The molecule has 0 saturated heterocycles. The number of hydrogen-bond donors (Lipinski definition) is 2. The van der Waals surface area contributed by atoms with Gasteiger partial charge in [0, 0.05) is 12.1 Å². The Bertz CT molecular complexity index is 1420. The molecule has 0 spiro atoms. The number of alkyl halides is 3. The number of rotatable bonds is 7. The third-order valence-electron chi connectivity index (χ3n) is 6.81. The fourth-order valence-electron chi connectivity index (χ4n) is 4.15. The van der Waals surface area contributed by atoms with Gasteiger partial charge in [0.05, 0.1) is 22.5 Å². The summed E-state index contributed by atoms with van der Waals surface area (Å²) in [6, 6.07) is 7.00. The number of amides is 1. The average molecular weight is 575 g/mol. The molecule has 2 N–H and O–H groups in total. The molecule has 1 amide bonds. The highest BCUT2D eigenvalue weighted by atomic mass is 32.2. The van der Waals surface area contributed by atoms with Crippen LogP contribution in [0.2, 0.25) is 0 Å². The van der Waals surface area contributed by atoms with Gasteiger partial charge in [-0.05, 0) is 75.6 Å². The number of nitrogens with one attached hydrogen (secondary N) is 1. The van der Waals surface area contributed by atoms with E-state index in [1.807, 2.05) is 0 Å². The second-order valence-electron chi connectivity index (χ2n) is 10.2. The molecule has 4 rings (SSSR count). The minimum Gasteiger partial charge on any atom is -0.486 e. The molecule has 2 aliphatic rings. The molecule has 1 fully saturated rings. The van der Waals surface area contributed by atoms with Crippen molar-refractivity contribution in [2.45, 2.75) is 62.8 Å². The van der Waals surface area contributed by atoms with Gasteiger partial charge in [0.25, 0.3) is 10.0 Å². The number of fused-ring (bicyclic) bond motifs is 1. The first-order valence-electron chi connectivity index (χ1n) is 11.8. The first kappa shape index (κ1) is 28.5. The van der Waals surface area contributed by atoms with Crippen molar-refractivity contribution in [3.63, 3.8) is 0 Å². The monoisotopic (exact) mass is 574 g/mol. The normalized spacial score (nSPS) is 18.5. The molecule has 0 radical (unpaired) electrons. The van der Waals surface area contributed by atoms with Crippen molar-refractivity contribution >= 4 is 33.5 Å². The number of sulfonamides is 1. The molecule has 2 aromatic carbocycles. The zero-order chi connectivity index (χ0) is 29.0. The Morgan fingerprint density at radius 2 is 1.85 bits per heavy atom. The Morgan fingerprint density at radius 1 is 1.18 bits per heavy atom. The Kier molecular flexibility index (Phi) is 6.99. The Balaban J connectivity index is 1.69. The first-order chi connectivity index (χ1) is 17.9. The van der Waals surface area contributed by atoms with Gasteiger partial charge in [-0.1, -0.05) is 0 Å². The van der Waals surface area contributed by atoms with E-state index >= 15 is 0 Å². The van der Waals surface area contributed by atoms with Crippen molar-refractivity contribution in [1.82, 2.24) is 0 Å². The number of ether oxygens (including phenoxy) is 2. The summed E-state index contributed by atoms with van der Waals surface area (Å²) >= 11 is 0. The largest absolute Gasteiger partial charge is 0.486 e. The highest BCUT2D eigenvalue weighted by Crippen LogP contribution is 2.51. The van der Waals surface area contributed by atoms with Crippen LogP contribution in [0.1, 0.15) is 38.7 Å². The van der Waals surface area contributed by atoms with Crippen LogP contribution < -0.4 is 14.4 Å². The van der Waals surface area contributed by atoms with E-state index in [9.17, 15) is 40.7 Å². The molecular formula is C25H26F4N2O7S. The number of carboxylic acids is 1. The summed E-state index contributed by atoms with van der Waals surface area (Å²) in [5.41, 5.74) is -3.88. The first-order valence-corrected chi connectivity index (χ1v) is 13.3. The van der Waals surface area contributed by atoms with Crippen LogP contribution in [-0.2, 0) is 19.6 Å². The number of carbonyl (C=O) groups excluding carboxylic acids is 1. The summed E-state index contributed by atoms with van der Waals surface area (Å²) < 4.78 is 92.0. The summed E-state index contributed by atoms with van der Waals surface area (Å²) in [5, 5.41) is 11.8. The van der Waals surface area contributed by atoms with Crippen molar-refractivity contribution in [3.05, 3.63) is 47.8 Å². The molecule has 1 atom stereocenters. The molecule has 1 heterocycles. The number of carbonyl (C=O) groups is 2. The molecule has 0 bridgehead atoms. The van der Waals surface area contributed by atoms with Crippen molar-refractivity contribution < 1.29 is 50.1 Å². The Hall–Kier alpha value is -3.55. The van der Waals surface area contributed by atoms with Crippen LogP contribution in [-0.4, -0.2) is 50.0 Å². The van der Waals surface area contributed by atoms with Crippen molar-refractivity contribution in [2.75, 3.05) is 16.2 Å². The molecule has 39 heavy (non-hydrogen) atoms. The highest BCUT2D eigenvalue weighted by Gasteiger charge is 2.53. The van der Waals surface area contributed by atoms with Gasteiger partial charge < -0.3 is 14.6 Å². The number of aliphatic carboxylic acids is 1. The number of hydrogen-bond acceptors (Lipinski definition) is 6. The van der Waals surface area contributed by atoms with Crippen molar-refractivity contribution in [2.24, 2.45) is 5.41 Å². The second-order valence-corrected chi connectivity index (χ2v) is 12.0. The Morgan fingerprint density at radius 3 is 2.41 bits per heavy atom. The van der Waals surface area contributed by atoms with Crippen molar-refractivity contribution in [3.8, 4) is 5.75 Å². The van der Waals surface area contributed by atoms with E-state index in [0.29, 0.717) is 26.7 Å². The van der Waals surface area contributed by atoms with Crippen LogP contribution in [0.5, 0.6) is 5.75 Å². The molecule has 1 aliphatic carbocycles. The number of anilines is 2. The number of carboxylic acid groups (broad SMARTS) is 1. The molecule has 1 saturated carbocycles. The zero-order valence-corrected chi connectivity index (χ0v) is 22.0. The summed E-state index contributed by atoms with van der Waals surface area (Å²) in [7, 11) is -4.35. The maximum atomic E-state index is 13.9. The summed E-state index contributed by atoms with van der Waals surface area (Å²) in [4.78, 5) is 23.7. The molecule has 0 unspecified atom stereocenters. The molecule has 0 aromatic heterocycles. The third-order valence-corrected chi connectivity index (χ3v) is 8.59. The molecule has 1 aliphatic heterocycles. The predicted molar refractivity (Wildman–Crippen MR) is 131 cm³/mol. The SMILES string of the molecule is Cc1cc(S(=O)(=O)N2C[C@H](CC3(C(=O)O)CC3)Oc3ccc(NC(=O)OC(C)(C)C(F)(F)F)cc32)ccc1F. The van der Waals surface area contributed by atoms with Crippen LogP contribution in [0.25, 0.3) is 0 Å². The number of nitrogens with zero attached hydrogens (tertiary/aromatic N) is 1. The Labute approximate surface area is 221 Å². The quantitative estimate of drug-likeness (QED) is 0.434. The van der Waals surface area contributed by atoms with Crippen molar-refractivity contribution in [1.29, 1.82) is 0 Å². The number of halogens is 4. The van der Waals surface area contributed by atoms with Crippen LogP contribution in [0.15, 0.2) is 41.3 Å². The number of aryl methyl sites for hydroxylation is 1. The number of benzene rings is 2. The molecule has 2 aromatic rings. The van der Waals surface area contributed by atoms with Gasteiger partial charge in [-0.2, -0.15) is 13.2 Å². The van der Waals surface area contributed by atoms with Gasteiger partial charge in [-0.15, -0.1) is 0 Å². The van der Waals surface area contributed by atoms with Crippen LogP contribution in [0.3, 0.4) is 0 Å². The fraction of sp³-hybridized carbons (Fsp3) is 0.440. The minimum absolute atomic E-state index is 0.0368. The van der Waals surface area contributed by atoms with E-state index in [0.717, 1.165) is 22.5 Å². The second kappa shape index (κ2) is 9.57. The molecule has 9 nitrogen and oxygen atoms in total. The van der Waals surface area contributed by atoms with Gasteiger partial charge in [0.2, 0.25) is 5.60 Å². The van der Waals surface area contributed by atoms with Gasteiger partial charge in [-0.25, -0.2) is 17.6 Å². The van der Waals surface area contributed by atoms with E-state index < -0.39 is 51.2 Å². The van der Waals surface area contributed by atoms with Gasteiger partial charge >= 0.3 is 18.2 Å². The van der Waals surface area contributed by atoms with Gasteiger partial charge in [-0.3, -0.25) is 14.4 Å². The molecular weight excluding hydrogens is 548 g/mol. The van der Waals surface area contributed by atoms with Crippen LogP contribution in [0, 0.1) is 18.2 Å². The lowest BCUT2D eigenvalue weighted by atomic mass is 9.97. The summed E-state index contributed by atoms with van der Waals surface area (Å²) in [6.45, 7) is 2.45. The van der Waals surface area contributed by atoms with Crippen LogP contribution >= 0.6 is 0 Å². The topological polar surface area (TPSA) is 122 Å². The smallest absolute Gasteiger partial charge is 0.427 e. The maximum Gasteiger partial charge on any atom is 0.427 e. The molecule has 14 heteroatoms. The zero-order valence-electron chi connectivity index (χ0n) is 21.1. The average Bonchev–Trinajstić information content (AvgIpc) is 3.60. The van der Waals surface area contributed by atoms with E-state index in [1.165, 1.54) is 25.1 Å². The van der Waals surface area contributed by atoms with Gasteiger partial charge in [0.1, 0.15) is 17.7 Å². The van der Waals surface area contributed by atoms with Gasteiger partial charge in [0.15, 0.2) is 0 Å². The van der Waals surface area contributed by atoms with E-state index in [-0.39, 0.29) is 40.5 Å². The lowest BCUT2D eigenvalue weighted by Gasteiger charge is -2.36. The molecule has 212 valence electrons. The van der Waals surface area contributed by atoms with E-state index in [1.54, 1.807) is 0 Å². The van der Waals surface area contributed by atoms with Crippen LogP contribution in [0.4, 0.5) is 33.7 Å². The third kappa shape index (κ3) is 5.60. The highest BCUT2D eigenvalue weighted by molar-refractivity contribution is 7.92. The van der Waals surface area contributed by atoms with E-state index in [2.05, 4.69) is 10.1 Å². The maximum absolute atomic E-state index is 13.9. The predicted octanol–water partition coefficient (Wildman–Crippen LogP) is 5.23. The standard InChI is InChI=1S/C25H26F4N2O7S/c1-14-10-17(5-6-18(14)26)39(35,36)31-13-16(12-24(8-9-24)21(32)33)37-20-7-4-15(11-19(20)31)30-22(34)38-23(2,3)25(27,28)29/h4-7,10-11,16H,8-9,12-13H2,1-3H3,(H,30,34)(H,32,33)/t16-/m0/s1. The summed E-state index contributed by atoms with van der Waals surface area (Å²) in [5.74, 6) is -1.58. The lowest BCUT2D eigenvalue weighted by molar-refractivity contribution is -0.242. The lowest BCUT2D eigenvalue weighted by Crippen LogP contribution is -2.45. The minimum atomic E-state index is -4.84. The fourth-order valence-corrected chi connectivity index (χ4v) is 5.74.